The van der Waals surface area contributed by atoms with E-state index in [0.717, 1.165) is 6.42 Å². The van der Waals surface area contributed by atoms with E-state index in [-0.39, 0.29) is 37.6 Å². The molecule has 3 rings (SSSR count). The van der Waals surface area contributed by atoms with Gasteiger partial charge in [-0.3, -0.25) is 4.79 Å². The highest BCUT2D eigenvalue weighted by Crippen LogP contribution is 2.45. The number of carboxylic acid groups (broad SMARTS) is 1. The molecule has 1 aliphatic heterocycles. The normalized spacial score (nSPS) is 21.1. The fourth-order valence-corrected chi connectivity index (χ4v) is 3.49. The molecule has 1 unspecified atom stereocenters. The van der Waals surface area contributed by atoms with Gasteiger partial charge in [0.05, 0.1) is 11.5 Å². The zero-order valence-electron chi connectivity index (χ0n) is 13.3. The molecule has 2 fully saturated rings. The second-order valence-electron chi connectivity index (χ2n) is 6.51. The first kappa shape index (κ1) is 16.7. The van der Waals surface area contributed by atoms with Crippen LogP contribution in [0.5, 0.6) is 0 Å². The number of carbonyl (C=O) groups is 2. The molecule has 0 radical (unpaired) electrons. The minimum Gasteiger partial charge on any atom is -0.465 e. The molecular weight excluding hydrogens is 315 g/mol. The molecule has 1 atom stereocenters. The molecule has 1 saturated carbocycles. The predicted molar refractivity (Wildman–Crippen MR) is 84.1 cm³/mol. The SMILES string of the molecule is O=C(O)N1CCN(C(=O)C(c2ccccc2F)C2(O)CCC2)CC1. The van der Waals surface area contributed by atoms with Crippen molar-refractivity contribution in [3.05, 3.63) is 35.6 Å². The fraction of sp³-hybridized carbons (Fsp3) is 0.529. The van der Waals surface area contributed by atoms with Gasteiger partial charge in [-0.1, -0.05) is 18.2 Å². The van der Waals surface area contributed by atoms with Crippen LogP contribution in [0.4, 0.5) is 9.18 Å². The molecule has 2 aliphatic rings. The minimum absolute atomic E-state index is 0.213. The summed E-state index contributed by atoms with van der Waals surface area (Å²) in [5.41, 5.74) is -1.01. The molecule has 0 aromatic heterocycles. The van der Waals surface area contributed by atoms with Crippen LogP contribution in [0.25, 0.3) is 0 Å². The van der Waals surface area contributed by atoms with E-state index in [0.29, 0.717) is 12.8 Å². The van der Waals surface area contributed by atoms with Crippen LogP contribution >= 0.6 is 0 Å². The molecule has 0 bridgehead atoms. The zero-order chi connectivity index (χ0) is 17.3. The summed E-state index contributed by atoms with van der Waals surface area (Å²) in [5, 5.41) is 19.8. The zero-order valence-corrected chi connectivity index (χ0v) is 13.3. The van der Waals surface area contributed by atoms with Gasteiger partial charge >= 0.3 is 6.09 Å². The summed E-state index contributed by atoms with van der Waals surface area (Å²) in [5.74, 6) is -1.77. The Hall–Kier alpha value is -2.15. The van der Waals surface area contributed by atoms with Crippen molar-refractivity contribution in [2.24, 2.45) is 0 Å². The number of rotatable bonds is 3. The Morgan fingerprint density at radius 2 is 1.67 bits per heavy atom. The molecule has 1 aliphatic carbocycles. The maximum Gasteiger partial charge on any atom is 0.407 e. The molecule has 1 heterocycles. The van der Waals surface area contributed by atoms with Gasteiger partial charge in [0.15, 0.2) is 0 Å². The Morgan fingerprint density at radius 1 is 1.08 bits per heavy atom. The van der Waals surface area contributed by atoms with Crippen LogP contribution in [0, 0.1) is 5.82 Å². The smallest absolute Gasteiger partial charge is 0.407 e. The lowest BCUT2D eigenvalue weighted by Gasteiger charge is -2.45. The summed E-state index contributed by atoms with van der Waals surface area (Å²) >= 11 is 0. The van der Waals surface area contributed by atoms with Crippen molar-refractivity contribution < 1.29 is 24.2 Å². The van der Waals surface area contributed by atoms with Gasteiger partial charge in [-0.05, 0) is 25.3 Å². The van der Waals surface area contributed by atoms with E-state index in [1.165, 1.54) is 15.9 Å². The topological polar surface area (TPSA) is 81.1 Å². The van der Waals surface area contributed by atoms with Gasteiger partial charge in [0, 0.05) is 31.7 Å². The van der Waals surface area contributed by atoms with E-state index in [2.05, 4.69) is 0 Å². The number of carbonyl (C=O) groups excluding carboxylic acids is 1. The number of aliphatic hydroxyl groups is 1. The molecule has 130 valence electrons. The van der Waals surface area contributed by atoms with Crippen molar-refractivity contribution in [2.75, 3.05) is 26.2 Å². The van der Waals surface area contributed by atoms with Gasteiger partial charge in [0.1, 0.15) is 5.82 Å². The van der Waals surface area contributed by atoms with Crippen molar-refractivity contribution >= 4 is 12.0 Å². The predicted octanol–water partition coefficient (Wildman–Crippen LogP) is 1.65. The third-order valence-corrected chi connectivity index (χ3v) is 5.08. The highest BCUT2D eigenvalue weighted by atomic mass is 19.1. The molecule has 24 heavy (non-hydrogen) atoms. The van der Waals surface area contributed by atoms with Crippen LogP contribution in [0.2, 0.25) is 0 Å². The van der Waals surface area contributed by atoms with Crippen LogP contribution in [0.1, 0.15) is 30.7 Å². The van der Waals surface area contributed by atoms with E-state index in [4.69, 9.17) is 5.11 Å². The van der Waals surface area contributed by atoms with E-state index in [1.807, 2.05) is 0 Å². The first-order valence-electron chi connectivity index (χ1n) is 8.16. The number of hydrogen-bond acceptors (Lipinski definition) is 3. The molecule has 2 amide bonds. The lowest BCUT2D eigenvalue weighted by atomic mass is 9.68. The van der Waals surface area contributed by atoms with Crippen LogP contribution in [0.15, 0.2) is 24.3 Å². The van der Waals surface area contributed by atoms with Crippen molar-refractivity contribution in [2.45, 2.75) is 30.8 Å². The molecular formula is C17H21FN2O4. The van der Waals surface area contributed by atoms with E-state index in [1.54, 1.807) is 18.2 Å². The van der Waals surface area contributed by atoms with Crippen LogP contribution in [-0.4, -0.2) is 63.8 Å². The average Bonchev–Trinajstić information content (AvgIpc) is 2.55. The van der Waals surface area contributed by atoms with E-state index < -0.39 is 23.4 Å². The molecule has 1 aromatic carbocycles. The number of piperazine rings is 1. The molecule has 2 N–H and O–H groups in total. The Morgan fingerprint density at radius 3 is 2.17 bits per heavy atom. The highest BCUT2D eigenvalue weighted by Gasteiger charge is 2.49. The molecule has 6 nitrogen and oxygen atoms in total. The Balaban J connectivity index is 1.83. The van der Waals surface area contributed by atoms with E-state index in [9.17, 15) is 19.1 Å². The number of amides is 2. The first-order chi connectivity index (χ1) is 11.4. The standard InChI is InChI=1S/C17H21FN2O4/c18-13-5-2-1-4-12(13)14(17(24)6-3-7-17)15(21)19-8-10-20(11-9-19)16(22)23/h1-2,4-5,14,24H,3,6-11H2,(H,22,23). The number of benzene rings is 1. The van der Waals surface area contributed by atoms with Gasteiger partial charge < -0.3 is 20.0 Å². The van der Waals surface area contributed by atoms with Gasteiger partial charge in [0.2, 0.25) is 5.91 Å². The maximum atomic E-state index is 14.3. The molecule has 0 spiro atoms. The average molecular weight is 336 g/mol. The van der Waals surface area contributed by atoms with Crippen LogP contribution < -0.4 is 0 Å². The number of halogens is 1. The monoisotopic (exact) mass is 336 g/mol. The maximum absolute atomic E-state index is 14.3. The van der Waals surface area contributed by atoms with Gasteiger partial charge in [0.25, 0.3) is 0 Å². The van der Waals surface area contributed by atoms with Crippen molar-refractivity contribution in [3.8, 4) is 0 Å². The van der Waals surface area contributed by atoms with Crippen molar-refractivity contribution in [1.29, 1.82) is 0 Å². The van der Waals surface area contributed by atoms with Gasteiger partial charge in [-0.2, -0.15) is 0 Å². The lowest BCUT2D eigenvalue weighted by molar-refractivity contribution is -0.146. The lowest BCUT2D eigenvalue weighted by Crippen LogP contribution is -2.56. The fourth-order valence-electron chi connectivity index (χ4n) is 3.49. The Bertz CT molecular complexity index is 639. The molecule has 1 aromatic rings. The summed E-state index contributed by atoms with van der Waals surface area (Å²) in [7, 11) is 0. The first-order valence-corrected chi connectivity index (χ1v) is 8.16. The Labute approximate surface area is 139 Å². The third kappa shape index (κ3) is 2.96. The van der Waals surface area contributed by atoms with Crippen molar-refractivity contribution in [3.63, 3.8) is 0 Å². The van der Waals surface area contributed by atoms with E-state index >= 15 is 0 Å². The van der Waals surface area contributed by atoms with Gasteiger partial charge in [-0.25, -0.2) is 9.18 Å². The number of nitrogens with zero attached hydrogens (tertiary/aromatic N) is 2. The third-order valence-electron chi connectivity index (χ3n) is 5.08. The number of hydrogen-bond donors (Lipinski definition) is 2. The second kappa shape index (κ2) is 6.39. The summed E-state index contributed by atoms with van der Waals surface area (Å²) in [6.45, 7) is 0.964. The molecule has 1 saturated heterocycles. The summed E-state index contributed by atoms with van der Waals surface area (Å²) in [6, 6.07) is 6.04. The second-order valence-corrected chi connectivity index (χ2v) is 6.51. The van der Waals surface area contributed by atoms with Gasteiger partial charge in [-0.15, -0.1) is 0 Å². The van der Waals surface area contributed by atoms with Crippen LogP contribution in [-0.2, 0) is 4.79 Å². The molecule has 7 heteroatoms. The quantitative estimate of drug-likeness (QED) is 0.879. The summed E-state index contributed by atoms with van der Waals surface area (Å²) in [4.78, 5) is 26.8. The highest BCUT2D eigenvalue weighted by molar-refractivity contribution is 5.85. The Kier molecular flexibility index (Phi) is 4.45. The summed E-state index contributed by atoms with van der Waals surface area (Å²) < 4.78 is 14.3. The van der Waals surface area contributed by atoms with Crippen molar-refractivity contribution in [1.82, 2.24) is 9.80 Å². The summed E-state index contributed by atoms with van der Waals surface area (Å²) in [6.07, 6.45) is 0.728. The minimum atomic E-state index is -1.22. The largest absolute Gasteiger partial charge is 0.465 e. The van der Waals surface area contributed by atoms with Crippen LogP contribution in [0.3, 0.4) is 0 Å².